The van der Waals surface area contributed by atoms with Gasteiger partial charge in [0.1, 0.15) is 0 Å². The van der Waals surface area contributed by atoms with Gasteiger partial charge in [0, 0.05) is 6.54 Å². The van der Waals surface area contributed by atoms with Gasteiger partial charge in [-0.05, 0) is 19.4 Å². The molecule has 5 nitrogen and oxygen atoms in total. The summed E-state index contributed by atoms with van der Waals surface area (Å²) in [7, 11) is 0. The topological polar surface area (TPSA) is 102 Å². The van der Waals surface area contributed by atoms with Crippen LogP contribution in [0.2, 0.25) is 0 Å². The maximum atomic E-state index is 5.26. The second-order valence-corrected chi connectivity index (χ2v) is 1.91. The molecule has 0 rings (SSSR count). The van der Waals surface area contributed by atoms with Gasteiger partial charge in [-0.15, -0.1) is 0 Å². The predicted molar refractivity (Wildman–Crippen MR) is 42.1 cm³/mol. The molecule has 0 fully saturated rings. The standard InChI is InChI=1S/C5H15N5/c6-3-1-2-4-9-5(7)10-8/h1-4,6,8H2,(H3,7,9,10). The van der Waals surface area contributed by atoms with Crippen LogP contribution in [0.25, 0.3) is 0 Å². The Balaban J connectivity index is 3.16. The minimum atomic E-state index is 0.275. The fourth-order valence-electron chi connectivity index (χ4n) is 0.501. The van der Waals surface area contributed by atoms with Gasteiger partial charge in [0.05, 0.1) is 0 Å². The van der Waals surface area contributed by atoms with Gasteiger partial charge >= 0.3 is 0 Å². The van der Waals surface area contributed by atoms with Crippen LogP contribution in [0.15, 0.2) is 4.99 Å². The van der Waals surface area contributed by atoms with Crippen LogP contribution in [-0.4, -0.2) is 19.0 Å². The molecule has 0 bridgehead atoms. The van der Waals surface area contributed by atoms with Crippen molar-refractivity contribution >= 4 is 5.96 Å². The number of hydrazine groups is 1. The molecule has 0 atom stereocenters. The highest BCUT2D eigenvalue weighted by Gasteiger charge is 1.85. The Bertz CT molecular complexity index is 100. The number of nitrogens with one attached hydrogen (secondary N) is 1. The summed E-state index contributed by atoms with van der Waals surface area (Å²) in [5.74, 6) is 5.23. The largest absolute Gasteiger partial charge is 0.369 e. The lowest BCUT2D eigenvalue weighted by atomic mass is 10.3. The fraction of sp³-hybridized carbons (Fsp3) is 0.800. The van der Waals surface area contributed by atoms with Gasteiger partial charge in [0.2, 0.25) is 5.96 Å². The minimum Gasteiger partial charge on any atom is -0.369 e. The molecule has 0 aliphatic heterocycles. The first-order valence-corrected chi connectivity index (χ1v) is 3.28. The van der Waals surface area contributed by atoms with E-state index in [0.29, 0.717) is 13.1 Å². The summed E-state index contributed by atoms with van der Waals surface area (Å²) in [5, 5.41) is 0. The number of rotatable bonds is 4. The molecule has 0 radical (unpaired) electrons. The van der Waals surface area contributed by atoms with Crippen molar-refractivity contribution in [2.24, 2.45) is 22.3 Å². The van der Waals surface area contributed by atoms with Crippen molar-refractivity contribution in [3.05, 3.63) is 0 Å². The number of nitrogens with zero attached hydrogens (tertiary/aromatic N) is 1. The number of guanidine groups is 1. The molecule has 0 heterocycles. The summed E-state index contributed by atoms with van der Waals surface area (Å²) < 4.78 is 0. The molecule has 0 spiro atoms. The molecule has 60 valence electrons. The third-order valence-corrected chi connectivity index (χ3v) is 1.04. The van der Waals surface area contributed by atoms with E-state index in [4.69, 9.17) is 17.3 Å². The lowest BCUT2D eigenvalue weighted by Crippen LogP contribution is -2.37. The zero-order valence-electron chi connectivity index (χ0n) is 6.01. The van der Waals surface area contributed by atoms with Crippen molar-refractivity contribution in [1.29, 1.82) is 0 Å². The van der Waals surface area contributed by atoms with Crippen molar-refractivity contribution in [3.63, 3.8) is 0 Å². The summed E-state index contributed by atoms with van der Waals surface area (Å²) in [6, 6.07) is 0. The van der Waals surface area contributed by atoms with Gasteiger partial charge in [0.25, 0.3) is 0 Å². The molecular formula is C5H15N5. The molecule has 0 saturated heterocycles. The van der Waals surface area contributed by atoms with Gasteiger partial charge in [-0.25, -0.2) is 5.84 Å². The van der Waals surface area contributed by atoms with E-state index in [2.05, 4.69) is 10.4 Å². The molecule has 0 saturated carbocycles. The number of aliphatic imine (C=N–C) groups is 1. The fourth-order valence-corrected chi connectivity index (χ4v) is 0.501. The number of unbranched alkanes of at least 4 members (excludes halogenated alkanes) is 1. The van der Waals surface area contributed by atoms with Crippen LogP contribution in [0.1, 0.15) is 12.8 Å². The first kappa shape index (κ1) is 9.19. The molecule has 10 heavy (non-hydrogen) atoms. The normalized spacial score (nSPS) is 11.6. The summed E-state index contributed by atoms with van der Waals surface area (Å²) in [5.41, 5.74) is 12.7. The average Bonchev–Trinajstić information content (AvgIpc) is 1.98. The molecule has 0 aliphatic carbocycles. The van der Waals surface area contributed by atoms with Crippen LogP contribution in [0.4, 0.5) is 0 Å². The van der Waals surface area contributed by atoms with Gasteiger partial charge in [-0.1, -0.05) is 0 Å². The lowest BCUT2D eigenvalue weighted by Gasteiger charge is -1.97. The monoisotopic (exact) mass is 145 g/mol. The Morgan fingerprint density at radius 2 is 2.10 bits per heavy atom. The van der Waals surface area contributed by atoms with Gasteiger partial charge in [0.15, 0.2) is 0 Å². The summed E-state index contributed by atoms with van der Waals surface area (Å²) >= 11 is 0. The predicted octanol–water partition coefficient (Wildman–Crippen LogP) is -1.50. The number of nitrogens with two attached hydrogens (primary N) is 3. The minimum absolute atomic E-state index is 0.275. The van der Waals surface area contributed by atoms with E-state index in [0.717, 1.165) is 12.8 Å². The molecule has 5 heteroatoms. The Kier molecular flexibility index (Phi) is 5.80. The second kappa shape index (κ2) is 6.31. The second-order valence-electron chi connectivity index (χ2n) is 1.91. The quantitative estimate of drug-likeness (QED) is 0.127. The molecule has 0 aromatic rings. The summed E-state index contributed by atoms with van der Waals surface area (Å²) in [6.07, 6.45) is 1.93. The van der Waals surface area contributed by atoms with E-state index in [1.165, 1.54) is 0 Å². The van der Waals surface area contributed by atoms with Crippen molar-refractivity contribution in [3.8, 4) is 0 Å². The lowest BCUT2D eigenvalue weighted by molar-refractivity contribution is 0.751. The first-order valence-electron chi connectivity index (χ1n) is 3.28. The van der Waals surface area contributed by atoms with Crippen molar-refractivity contribution < 1.29 is 0 Å². The van der Waals surface area contributed by atoms with Crippen molar-refractivity contribution in [2.75, 3.05) is 13.1 Å². The van der Waals surface area contributed by atoms with Crippen LogP contribution in [0, 0.1) is 0 Å². The van der Waals surface area contributed by atoms with E-state index in [-0.39, 0.29) is 5.96 Å². The highest BCUT2D eigenvalue weighted by Crippen LogP contribution is 1.84. The van der Waals surface area contributed by atoms with Crippen LogP contribution in [0.3, 0.4) is 0 Å². The smallest absolute Gasteiger partial charge is 0.203 e. The maximum absolute atomic E-state index is 5.26. The first-order chi connectivity index (χ1) is 4.81. The zero-order chi connectivity index (χ0) is 7.82. The number of hydrogen-bond acceptors (Lipinski definition) is 3. The summed E-state index contributed by atoms with van der Waals surface area (Å²) in [4.78, 5) is 3.88. The van der Waals surface area contributed by atoms with Crippen molar-refractivity contribution in [2.45, 2.75) is 12.8 Å². The molecule has 7 N–H and O–H groups in total. The molecule has 0 aromatic carbocycles. The van der Waals surface area contributed by atoms with Crippen LogP contribution in [-0.2, 0) is 0 Å². The average molecular weight is 145 g/mol. The van der Waals surface area contributed by atoms with Gasteiger partial charge in [-0.3, -0.25) is 10.4 Å². The van der Waals surface area contributed by atoms with E-state index in [1.807, 2.05) is 0 Å². The van der Waals surface area contributed by atoms with E-state index in [9.17, 15) is 0 Å². The van der Waals surface area contributed by atoms with Crippen LogP contribution >= 0.6 is 0 Å². The SMILES string of the molecule is NCCCCN=C(N)NN. The highest BCUT2D eigenvalue weighted by atomic mass is 15.3. The molecule has 0 unspecified atom stereocenters. The van der Waals surface area contributed by atoms with Crippen LogP contribution in [0.5, 0.6) is 0 Å². The Morgan fingerprint density at radius 3 is 2.60 bits per heavy atom. The molecule has 0 aliphatic rings. The highest BCUT2D eigenvalue weighted by molar-refractivity contribution is 5.76. The molecular weight excluding hydrogens is 130 g/mol. The van der Waals surface area contributed by atoms with E-state index in [1.54, 1.807) is 0 Å². The Morgan fingerprint density at radius 1 is 1.40 bits per heavy atom. The molecule has 0 aromatic heterocycles. The maximum Gasteiger partial charge on any atom is 0.203 e. The third kappa shape index (κ3) is 5.33. The van der Waals surface area contributed by atoms with E-state index < -0.39 is 0 Å². The molecule has 0 amide bonds. The zero-order valence-corrected chi connectivity index (χ0v) is 6.01. The van der Waals surface area contributed by atoms with Gasteiger partial charge in [-0.2, -0.15) is 0 Å². The third-order valence-electron chi connectivity index (χ3n) is 1.04. The van der Waals surface area contributed by atoms with Gasteiger partial charge < -0.3 is 11.5 Å². The van der Waals surface area contributed by atoms with Crippen LogP contribution < -0.4 is 22.7 Å². The van der Waals surface area contributed by atoms with E-state index >= 15 is 0 Å². The Labute approximate surface area is 60.6 Å². The van der Waals surface area contributed by atoms with Crippen molar-refractivity contribution in [1.82, 2.24) is 5.43 Å². The summed E-state index contributed by atoms with van der Waals surface area (Å²) in [6.45, 7) is 1.39. The number of hydrogen-bond donors (Lipinski definition) is 4. The Hall–Kier alpha value is -0.810.